The third kappa shape index (κ3) is 3.41. The molecule has 0 bridgehead atoms. The smallest absolute Gasteiger partial charge is 0.278 e. The van der Waals surface area contributed by atoms with Crippen molar-refractivity contribution in [2.45, 2.75) is 26.3 Å². The Hall–Kier alpha value is -3.41. The van der Waals surface area contributed by atoms with E-state index in [1.54, 1.807) is 0 Å². The van der Waals surface area contributed by atoms with Crippen LogP contribution in [0.4, 0.5) is 0 Å². The molecule has 1 amide bonds. The van der Waals surface area contributed by atoms with Gasteiger partial charge in [-0.1, -0.05) is 48.9 Å². The van der Waals surface area contributed by atoms with Crippen LogP contribution in [0.15, 0.2) is 59.7 Å². The van der Waals surface area contributed by atoms with Gasteiger partial charge in [0.25, 0.3) is 5.56 Å². The molecule has 0 fully saturated rings. The molecule has 2 aromatic heterocycles. The standard InChI is InChI=1S/C22H22N4O2/c1-14-8-9-18-17(10-14)20-21(25-18)22(28)26(13-24-20)12-19(27)23-11-15(2)16-6-4-3-5-7-16/h3-10,13,15,25H,11-12H2,1-2H3,(H,23,27)/t15-/m0/s1. The summed E-state index contributed by atoms with van der Waals surface area (Å²) in [5.41, 5.74) is 3.95. The molecule has 2 heterocycles. The van der Waals surface area contributed by atoms with Crippen LogP contribution in [0.5, 0.6) is 0 Å². The Kier molecular flexibility index (Phi) is 4.69. The maximum Gasteiger partial charge on any atom is 0.278 e. The van der Waals surface area contributed by atoms with Crippen LogP contribution < -0.4 is 10.9 Å². The van der Waals surface area contributed by atoms with Gasteiger partial charge in [0.1, 0.15) is 17.6 Å². The maximum atomic E-state index is 12.8. The van der Waals surface area contributed by atoms with Crippen molar-refractivity contribution >= 4 is 27.8 Å². The molecule has 0 saturated heterocycles. The van der Waals surface area contributed by atoms with Crippen molar-refractivity contribution in [1.29, 1.82) is 0 Å². The fourth-order valence-corrected chi connectivity index (χ4v) is 3.39. The largest absolute Gasteiger partial charge is 0.354 e. The molecule has 6 nitrogen and oxygen atoms in total. The first-order valence-corrected chi connectivity index (χ1v) is 9.32. The van der Waals surface area contributed by atoms with E-state index in [0.29, 0.717) is 17.6 Å². The molecule has 142 valence electrons. The quantitative estimate of drug-likeness (QED) is 0.563. The van der Waals surface area contributed by atoms with Crippen LogP contribution in [-0.4, -0.2) is 27.0 Å². The highest BCUT2D eigenvalue weighted by Crippen LogP contribution is 2.22. The number of carbonyl (C=O) groups excluding carboxylic acids is 1. The van der Waals surface area contributed by atoms with Crippen LogP contribution in [0, 0.1) is 6.92 Å². The molecule has 0 aliphatic heterocycles. The second kappa shape index (κ2) is 7.31. The average molecular weight is 374 g/mol. The molecule has 0 radical (unpaired) electrons. The molecule has 0 aliphatic rings. The molecule has 28 heavy (non-hydrogen) atoms. The van der Waals surface area contributed by atoms with Crippen molar-refractivity contribution in [2.75, 3.05) is 6.54 Å². The lowest BCUT2D eigenvalue weighted by Gasteiger charge is -2.13. The predicted molar refractivity (Wildman–Crippen MR) is 110 cm³/mol. The number of carbonyl (C=O) groups is 1. The average Bonchev–Trinajstić information content (AvgIpc) is 3.07. The number of aryl methyl sites for hydroxylation is 1. The van der Waals surface area contributed by atoms with Crippen LogP contribution in [0.3, 0.4) is 0 Å². The molecular formula is C22H22N4O2. The number of nitrogens with zero attached hydrogens (tertiary/aromatic N) is 2. The molecule has 6 heteroatoms. The lowest BCUT2D eigenvalue weighted by Crippen LogP contribution is -2.34. The van der Waals surface area contributed by atoms with Gasteiger partial charge in [0.15, 0.2) is 0 Å². The van der Waals surface area contributed by atoms with E-state index < -0.39 is 0 Å². The Morgan fingerprint density at radius 2 is 2.00 bits per heavy atom. The SMILES string of the molecule is Cc1ccc2[nH]c3c(=O)n(CC(=O)NC[C@H](C)c4ccccc4)cnc3c2c1. The van der Waals surface area contributed by atoms with Crippen molar-refractivity contribution in [2.24, 2.45) is 0 Å². The van der Waals surface area contributed by atoms with Crippen molar-refractivity contribution in [3.63, 3.8) is 0 Å². The number of rotatable bonds is 5. The minimum absolute atomic E-state index is 0.0579. The number of hydrogen-bond acceptors (Lipinski definition) is 3. The Morgan fingerprint density at radius 1 is 1.21 bits per heavy atom. The lowest BCUT2D eigenvalue weighted by molar-refractivity contribution is -0.121. The molecule has 0 unspecified atom stereocenters. The predicted octanol–water partition coefficient (Wildman–Crippen LogP) is 3.11. The third-order valence-corrected chi connectivity index (χ3v) is 5.02. The van der Waals surface area contributed by atoms with Gasteiger partial charge in [0, 0.05) is 17.4 Å². The van der Waals surface area contributed by atoms with Crippen molar-refractivity contribution in [3.05, 3.63) is 76.3 Å². The number of benzene rings is 2. The fourth-order valence-electron chi connectivity index (χ4n) is 3.39. The summed E-state index contributed by atoms with van der Waals surface area (Å²) in [5.74, 6) is -0.0163. The fraction of sp³-hybridized carbons (Fsp3) is 0.227. The number of H-pyrrole nitrogens is 1. The van der Waals surface area contributed by atoms with Gasteiger partial charge in [-0.05, 0) is 30.5 Å². The van der Waals surface area contributed by atoms with Crippen LogP contribution in [0.1, 0.15) is 24.0 Å². The summed E-state index contributed by atoms with van der Waals surface area (Å²) >= 11 is 0. The Morgan fingerprint density at radius 3 is 2.79 bits per heavy atom. The number of hydrogen-bond donors (Lipinski definition) is 2. The van der Waals surface area contributed by atoms with E-state index in [2.05, 4.69) is 22.2 Å². The summed E-state index contributed by atoms with van der Waals surface area (Å²) in [6, 6.07) is 15.9. The van der Waals surface area contributed by atoms with Crippen LogP contribution in [-0.2, 0) is 11.3 Å². The van der Waals surface area contributed by atoms with E-state index in [0.717, 1.165) is 22.0 Å². The second-order valence-corrected chi connectivity index (χ2v) is 7.19. The molecule has 2 aromatic carbocycles. The maximum absolute atomic E-state index is 12.8. The third-order valence-electron chi connectivity index (χ3n) is 5.02. The monoisotopic (exact) mass is 374 g/mol. The van der Waals surface area contributed by atoms with Gasteiger partial charge in [-0.15, -0.1) is 0 Å². The molecule has 4 aromatic rings. The van der Waals surface area contributed by atoms with Crippen molar-refractivity contribution in [1.82, 2.24) is 19.9 Å². The Labute approximate surface area is 162 Å². The highest BCUT2D eigenvalue weighted by molar-refractivity contribution is 6.04. The zero-order valence-corrected chi connectivity index (χ0v) is 15.9. The summed E-state index contributed by atoms with van der Waals surface area (Å²) in [4.78, 5) is 32.7. The van der Waals surface area contributed by atoms with Crippen LogP contribution in [0.2, 0.25) is 0 Å². The van der Waals surface area contributed by atoms with Gasteiger partial charge in [-0.3, -0.25) is 14.2 Å². The first-order valence-electron chi connectivity index (χ1n) is 9.32. The molecule has 1 atom stereocenters. The summed E-state index contributed by atoms with van der Waals surface area (Å²) < 4.78 is 1.34. The number of aromatic amines is 1. The molecule has 0 saturated carbocycles. The number of fused-ring (bicyclic) bond motifs is 3. The molecule has 0 aliphatic carbocycles. The van der Waals surface area contributed by atoms with Gasteiger partial charge < -0.3 is 10.3 Å². The van der Waals surface area contributed by atoms with Crippen molar-refractivity contribution in [3.8, 4) is 0 Å². The lowest BCUT2D eigenvalue weighted by atomic mass is 10.0. The topological polar surface area (TPSA) is 79.8 Å². The molecule has 4 rings (SSSR count). The normalized spacial score (nSPS) is 12.4. The molecular weight excluding hydrogens is 352 g/mol. The van der Waals surface area contributed by atoms with Crippen LogP contribution >= 0.6 is 0 Å². The Bertz CT molecular complexity index is 1210. The van der Waals surface area contributed by atoms with E-state index in [9.17, 15) is 9.59 Å². The van der Waals surface area contributed by atoms with Gasteiger partial charge >= 0.3 is 0 Å². The number of nitrogens with one attached hydrogen (secondary N) is 2. The van der Waals surface area contributed by atoms with E-state index in [4.69, 9.17) is 0 Å². The highest BCUT2D eigenvalue weighted by Gasteiger charge is 2.13. The summed E-state index contributed by atoms with van der Waals surface area (Å²) in [7, 11) is 0. The first-order chi connectivity index (χ1) is 13.5. The zero-order valence-electron chi connectivity index (χ0n) is 15.9. The summed E-state index contributed by atoms with van der Waals surface area (Å²) in [6.07, 6.45) is 1.44. The summed E-state index contributed by atoms with van der Waals surface area (Å²) in [5, 5.41) is 3.82. The van der Waals surface area contributed by atoms with Crippen molar-refractivity contribution < 1.29 is 4.79 Å². The highest BCUT2D eigenvalue weighted by atomic mass is 16.2. The number of aromatic nitrogens is 3. The van der Waals surface area contributed by atoms with Gasteiger partial charge in [0.05, 0.1) is 6.33 Å². The molecule has 0 spiro atoms. The minimum Gasteiger partial charge on any atom is -0.354 e. The zero-order chi connectivity index (χ0) is 19.7. The minimum atomic E-state index is -0.245. The Balaban J connectivity index is 1.51. The second-order valence-electron chi connectivity index (χ2n) is 7.19. The van der Waals surface area contributed by atoms with E-state index in [-0.39, 0.29) is 23.9 Å². The van der Waals surface area contributed by atoms with Gasteiger partial charge in [0.2, 0.25) is 5.91 Å². The van der Waals surface area contributed by atoms with E-state index in [1.165, 1.54) is 10.9 Å². The van der Waals surface area contributed by atoms with Crippen LogP contribution in [0.25, 0.3) is 21.9 Å². The molecule has 2 N–H and O–H groups in total. The van der Waals surface area contributed by atoms with Gasteiger partial charge in [-0.25, -0.2) is 4.98 Å². The van der Waals surface area contributed by atoms with E-state index in [1.807, 2.05) is 55.5 Å². The first kappa shape index (κ1) is 18.0. The number of amides is 1. The van der Waals surface area contributed by atoms with Gasteiger partial charge in [-0.2, -0.15) is 0 Å². The summed E-state index contributed by atoms with van der Waals surface area (Å²) in [6.45, 7) is 4.51. The van der Waals surface area contributed by atoms with E-state index >= 15 is 0 Å².